The number of nitrogens with zero attached hydrogens (tertiary/aromatic N) is 2. The molecule has 1 amide bonds. The van der Waals surface area contributed by atoms with Crippen molar-refractivity contribution in [1.82, 2.24) is 10.2 Å². The third kappa shape index (κ3) is 4.97. The number of anilines is 1. The van der Waals surface area contributed by atoms with E-state index in [4.69, 9.17) is 11.6 Å². The van der Waals surface area contributed by atoms with Gasteiger partial charge in [0.25, 0.3) is 5.91 Å². The van der Waals surface area contributed by atoms with Crippen molar-refractivity contribution in [1.29, 1.82) is 0 Å². The lowest BCUT2D eigenvalue weighted by Crippen LogP contribution is -2.48. The molecule has 1 saturated heterocycles. The van der Waals surface area contributed by atoms with Gasteiger partial charge in [-0.3, -0.25) is 9.69 Å². The average Bonchev–Trinajstić information content (AvgIpc) is 2.63. The van der Waals surface area contributed by atoms with E-state index in [9.17, 15) is 4.79 Å². The Bertz CT molecular complexity index is 709. The van der Waals surface area contributed by atoms with Crippen LogP contribution < -0.4 is 10.2 Å². The molecule has 3 rings (SSSR count). The maximum atomic E-state index is 12.2. The Kier molecular flexibility index (Phi) is 5.95. The van der Waals surface area contributed by atoms with Gasteiger partial charge >= 0.3 is 0 Å². The van der Waals surface area contributed by atoms with Crippen LogP contribution in [0.4, 0.5) is 5.69 Å². The highest BCUT2D eigenvalue weighted by molar-refractivity contribution is 6.30. The first-order valence-electron chi connectivity index (χ1n) is 8.69. The largest absolute Gasteiger partial charge is 0.369 e. The summed E-state index contributed by atoms with van der Waals surface area (Å²) in [5.74, 6) is 0.00324. The molecule has 5 heteroatoms. The van der Waals surface area contributed by atoms with Crippen molar-refractivity contribution in [2.24, 2.45) is 0 Å². The maximum Gasteiger partial charge on any atom is 0.251 e. The van der Waals surface area contributed by atoms with Crippen LogP contribution >= 0.6 is 11.6 Å². The van der Waals surface area contributed by atoms with Crippen LogP contribution in [0.5, 0.6) is 0 Å². The molecule has 1 heterocycles. The SMILES string of the molecule is Cc1cccc(C(=O)NCCN2CCN(c3ccc(Cl)cc3)CC2)c1. The molecule has 0 unspecified atom stereocenters. The molecule has 0 saturated carbocycles. The van der Waals surface area contributed by atoms with Gasteiger partial charge in [0.1, 0.15) is 0 Å². The Hall–Kier alpha value is -2.04. The van der Waals surface area contributed by atoms with E-state index in [-0.39, 0.29) is 5.91 Å². The lowest BCUT2D eigenvalue weighted by molar-refractivity contribution is 0.0947. The first-order valence-corrected chi connectivity index (χ1v) is 9.07. The molecule has 4 nitrogen and oxygen atoms in total. The van der Waals surface area contributed by atoms with E-state index in [0.29, 0.717) is 6.54 Å². The van der Waals surface area contributed by atoms with E-state index in [1.807, 2.05) is 43.3 Å². The Labute approximate surface area is 154 Å². The highest BCUT2D eigenvalue weighted by Crippen LogP contribution is 2.19. The summed E-state index contributed by atoms with van der Waals surface area (Å²) in [5, 5.41) is 3.78. The molecule has 2 aromatic rings. The smallest absolute Gasteiger partial charge is 0.251 e. The molecular formula is C20H24ClN3O. The van der Waals surface area contributed by atoms with Crippen LogP contribution in [0, 0.1) is 6.92 Å². The van der Waals surface area contributed by atoms with Crippen molar-refractivity contribution in [3.05, 3.63) is 64.7 Å². The van der Waals surface area contributed by atoms with Crippen molar-refractivity contribution in [3.63, 3.8) is 0 Å². The van der Waals surface area contributed by atoms with Crippen LogP contribution in [0.15, 0.2) is 48.5 Å². The van der Waals surface area contributed by atoms with Gasteiger partial charge in [0.2, 0.25) is 0 Å². The van der Waals surface area contributed by atoms with E-state index >= 15 is 0 Å². The third-order valence-electron chi connectivity index (χ3n) is 4.56. The molecule has 0 aliphatic carbocycles. The molecule has 1 aliphatic heterocycles. The van der Waals surface area contributed by atoms with E-state index in [2.05, 4.69) is 27.2 Å². The number of benzene rings is 2. The van der Waals surface area contributed by atoms with E-state index < -0.39 is 0 Å². The molecule has 0 aromatic heterocycles. The number of carbonyl (C=O) groups is 1. The van der Waals surface area contributed by atoms with Gasteiger partial charge in [-0.05, 0) is 43.3 Å². The summed E-state index contributed by atoms with van der Waals surface area (Å²) in [6.45, 7) is 7.55. The number of hydrogen-bond donors (Lipinski definition) is 1. The quantitative estimate of drug-likeness (QED) is 0.892. The van der Waals surface area contributed by atoms with E-state index in [0.717, 1.165) is 48.9 Å². The number of carbonyl (C=O) groups excluding carboxylic acids is 1. The summed E-state index contributed by atoms with van der Waals surface area (Å²) in [6.07, 6.45) is 0. The van der Waals surface area contributed by atoms with E-state index in [1.165, 1.54) is 5.69 Å². The zero-order valence-corrected chi connectivity index (χ0v) is 15.3. The number of hydrogen-bond acceptors (Lipinski definition) is 3. The molecule has 1 aliphatic rings. The predicted octanol–water partition coefficient (Wildman–Crippen LogP) is 3.20. The number of piperazine rings is 1. The number of rotatable bonds is 5. The van der Waals surface area contributed by atoms with Crippen molar-refractivity contribution in [2.75, 3.05) is 44.2 Å². The second-order valence-electron chi connectivity index (χ2n) is 6.43. The molecule has 132 valence electrons. The average molecular weight is 358 g/mol. The minimum absolute atomic E-state index is 0.00324. The fourth-order valence-corrected chi connectivity index (χ4v) is 3.22. The number of nitrogens with one attached hydrogen (secondary N) is 1. The van der Waals surface area contributed by atoms with Crippen LogP contribution in [-0.2, 0) is 0 Å². The van der Waals surface area contributed by atoms with Gasteiger partial charge in [-0.15, -0.1) is 0 Å². The standard InChI is InChI=1S/C20H24ClN3O/c1-16-3-2-4-17(15-16)20(25)22-9-10-23-11-13-24(14-12-23)19-7-5-18(21)6-8-19/h2-8,15H,9-14H2,1H3,(H,22,25). The molecule has 0 spiro atoms. The predicted molar refractivity (Wildman–Crippen MR) is 104 cm³/mol. The van der Waals surface area contributed by atoms with Crippen LogP contribution in [0.2, 0.25) is 5.02 Å². The normalized spacial score (nSPS) is 15.2. The fraction of sp³-hybridized carbons (Fsp3) is 0.350. The summed E-state index contributed by atoms with van der Waals surface area (Å²) in [6, 6.07) is 15.7. The summed E-state index contributed by atoms with van der Waals surface area (Å²) >= 11 is 5.95. The molecular weight excluding hydrogens is 334 g/mol. The van der Waals surface area contributed by atoms with Gasteiger partial charge in [-0.25, -0.2) is 0 Å². The van der Waals surface area contributed by atoms with Crippen molar-refractivity contribution in [3.8, 4) is 0 Å². The second kappa shape index (κ2) is 8.37. The molecule has 2 aromatic carbocycles. The van der Waals surface area contributed by atoms with Gasteiger partial charge in [0.15, 0.2) is 0 Å². The van der Waals surface area contributed by atoms with Crippen LogP contribution in [0.3, 0.4) is 0 Å². The van der Waals surface area contributed by atoms with Crippen molar-refractivity contribution in [2.45, 2.75) is 6.92 Å². The summed E-state index contributed by atoms with van der Waals surface area (Å²) in [7, 11) is 0. The Balaban J connectivity index is 1.40. The van der Waals surface area contributed by atoms with Crippen molar-refractivity contribution >= 4 is 23.2 Å². The summed E-state index contributed by atoms with van der Waals surface area (Å²) in [4.78, 5) is 16.9. The minimum atomic E-state index is 0.00324. The van der Waals surface area contributed by atoms with Gasteiger partial charge in [0.05, 0.1) is 0 Å². The lowest BCUT2D eigenvalue weighted by atomic mass is 10.1. The zero-order valence-electron chi connectivity index (χ0n) is 14.5. The third-order valence-corrected chi connectivity index (χ3v) is 4.81. The Morgan fingerprint density at radius 2 is 1.80 bits per heavy atom. The van der Waals surface area contributed by atoms with Gasteiger partial charge in [-0.2, -0.15) is 0 Å². The second-order valence-corrected chi connectivity index (χ2v) is 6.87. The van der Waals surface area contributed by atoms with Crippen LogP contribution in [0.25, 0.3) is 0 Å². The zero-order chi connectivity index (χ0) is 17.6. The highest BCUT2D eigenvalue weighted by atomic mass is 35.5. The molecule has 0 radical (unpaired) electrons. The van der Waals surface area contributed by atoms with Crippen molar-refractivity contribution < 1.29 is 4.79 Å². The molecule has 1 N–H and O–H groups in total. The Morgan fingerprint density at radius 3 is 2.48 bits per heavy atom. The highest BCUT2D eigenvalue weighted by Gasteiger charge is 2.17. The van der Waals surface area contributed by atoms with Gasteiger partial charge < -0.3 is 10.2 Å². The van der Waals surface area contributed by atoms with Gasteiger partial charge in [-0.1, -0.05) is 29.3 Å². The number of aryl methyl sites for hydroxylation is 1. The lowest BCUT2D eigenvalue weighted by Gasteiger charge is -2.36. The minimum Gasteiger partial charge on any atom is -0.369 e. The molecule has 1 fully saturated rings. The maximum absolute atomic E-state index is 12.2. The summed E-state index contributed by atoms with van der Waals surface area (Å²) in [5.41, 5.74) is 3.05. The molecule has 25 heavy (non-hydrogen) atoms. The van der Waals surface area contributed by atoms with E-state index in [1.54, 1.807) is 0 Å². The topological polar surface area (TPSA) is 35.6 Å². The van der Waals surface area contributed by atoms with Crippen LogP contribution in [0.1, 0.15) is 15.9 Å². The van der Waals surface area contributed by atoms with Gasteiger partial charge in [0, 0.05) is 55.5 Å². The monoisotopic (exact) mass is 357 g/mol. The Morgan fingerprint density at radius 1 is 1.08 bits per heavy atom. The first-order chi connectivity index (χ1) is 12.1. The molecule has 0 atom stereocenters. The molecule has 0 bridgehead atoms. The first kappa shape index (κ1) is 17.8. The summed E-state index contributed by atoms with van der Waals surface area (Å²) < 4.78 is 0. The fourth-order valence-electron chi connectivity index (χ4n) is 3.10. The number of halogens is 1. The van der Waals surface area contributed by atoms with Crippen LogP contribution in [-0.4, -0.2) is 50.1 Å². The number of amides is 1.